The molecule has 0 amide bonds. The highest BCUT2D eigenvalue weighted by Crippen LogP contribution is 2.22. The highest BCUT2D eigenvalue weighted by atomic mass is 16.5. The van der Waals surface area contributed by atoms with Crippen LogP contribution in [0.15, 0.2) is 39.9 Å². The van der Waals surface area contributed by atoms with Gasteiger partial charge in [-0.1, -0.05) is 30.3 Å². The molecule has 0 aliphatic heterocycles. The van der Waals surface area contributed by atoms with Crippen LogP contribution in [0.3, 0.4) is 0 Å². The van der Waals surface area contributed by atoms with E-state index in [1.807, 2.05) is 30.3 Å². The Morgan fingerprint density at radius 1 is 1.12 bits per heavy atom. The quantitative estimate of drug-likeness (QED) is 0.650. The molecule has 3 rings (SSSR count). The number of carbonyl (C=O) groups excluding carboxylic acids is 1. The van der Waals surface area contributed by atoms with Crippen molar-refractivity contribution in [1.29, 1.82) is 0 Å². The van der Waals surface area contributed by atoms with Gasteiger partial charge in [-0.25, -0.2) is 9.78 Å². The first kappa shape index (κ1) is 16.7. The van der Waals surface area contributed by atoms with Gasteiger partial charge in [0.1, 0.15) is 12.4 Å². The van der Waals surface area contributed by atoms with E-state index < -0.39 is 17.2 Å². The molecule has 130 valence electrons. The van der Waals surface area contributed by atoms with Crippen molar-refractivity contribution in [3.05, 3.63) is 51.2 Å². The fraction of sp³-hybridized carbons (Fsp3) is 0.294. The molecule has 0 N–H and O–H groups in total. The lowest BCUT2D eigenvalue weighted by atomic mass is 10.2. The average molecular weight is 342 g/mol. The zero-order valence-electron chi connectivity index (χ0n) is 14.2. The van der Waals surface area contributed by atoms with Gasteiger partial charge in [-0.3, -0.25) is 23.3 Å². The zero-order valence-corrected chi connectivity index (χ0v) is 14.2. The molecule has 0 aliphatic rings. The summed E-state index contributed by atoms with van der Waals surface area (Å²) in [6.07, 6.45) is 0. The summed E-state index contributed by atoms with van der Waals surface area (Å²) < 4.78 is 8.88. The first-order chi connectivity index (χ1) is 12.0. The lowest BCUT2D eigenvalue weighted by molar-refractivity contribution is -0.143. The van der Waals surface area contributed by atoms with Crippen molar-refractivity contribution in [1.82, 2.24) is 18.7 Å². The van der Waals surface area contributed by atoms with Gasteiger partial charge in [0.05, 0.1) is 6.61 Å². The van der Waals surface area contributed by atoms with Gasteiger partial charge in [-0.15, -0.1) is 0 Å². The zero-order chi connectivity index (χ0) is 18.1. The largest absolute Gasteiger partial charge is 0.465 e. The van der Waals surface area contributed by atoms with E-state index in [0.717, 1.165) is 10.1 Å². The van der Waals surface area contributed by atoms with Gasteiger partial charge >= 0.3 is 11.7 Å². The predicted octanol–water partition coefficient (Wildman–Crippen LogP) is 0.664. The number of hydrogen-bond donors (Lipinski definition) is 0. The Labute approximate surface area is 142 Å². The molecule has 0 aliphatic carbocycles. The molecule has 25 heavy (non-hydrogen) atoms. The molecule has 2 heterocycles. The van der Waals surface area contributed by atoms with Crippen molar-refractivity contribution in [2.75, 3.05) is 6.61 Å². The van der Waals surface area contributed by atoms with Crippen molar-refractivity contribution < 1.29 is 9.53 Å². The maximum Gasteiger partial charge on any atom is 0.332 e. The minimum Gasteiger partial charge on any atom is -0.465 e. The Morgan fingerprint density at radius 2 is 1.80 bits per heavy atom. The minimum absolute atomic E-state index is 0.132. The van der Waals surface area contributed by atoms with Crippen LogP contribution in [-0.4, -0.2) is 31.3 Å². The van der Waals surface area contributed by atoms with Crippen molar-refractivity contribution in [2.45, 2.75) is 13.5 Å². The third-order valence-electron chi connectivity index (χ3n) is 3.96. The van der Waals surface area contributed by atoms with Crippen LogP contribution < -0.4 is 11.2 Å². The smallest absolute Gasteiger partial charge is 0.332 e. The van der Waals surface area contributed by atoms with Gasteiger partial charge in [0.2, 0.25) is 0 Å². The fourth-order valence-corrected chi connectivity index (χ4v) is 2.78. The summed E-state index contributed by atoms with van der Waals surface area (Å²) in [7, 11) is 2.94. The van der Waals surface area contributed by atoms with Gasteiger partial charge in [0.25, 0.3) is 5.56 Å². The summed E-state index contributed by atoms with van der Waals surface area (Å²) in [5.41, 5.74) is 0.172. The van der Waals surface area contributed by atoms with Crippen molar-refractivity contribution in [3.63, 3.8) is 0 Å². The van der Waals surface area contributed by atoms with E-state index in [9.17, 15) is 14.4 Å². The van der Waals surface area contributed by atoms with Crippen LogP contribution in [-0.2, 0) is 30.2 Å². The number of hydrogen-bond acceptors (Lipinski definition) is 5. The number of imidazole rings is 1. The summed E-state index contributed by atoms with van der Waals surface area (Å²) in [6, 6.07) is 9.18. The minimum atomic E-state index is -0.502. The molecule has 0 bridgehead atoms. The fourth-order valence-electron chi connectivity index (χ4n) is 2.78. The molecule has 8 nitrogen and oxygen atoms in total. The molecule has 0 saturated heterocycles. The number of carbonyl (C=O) groups is 1. The summed E-state index contributed by atoms with van der Waals surface area (Å²) in [5, 5.41) is 0. The monoisotopic (exact) mass is 342 g/mol. The molecule has 2 aromatic heterocycles. The van der Waals surface area contributed by atoms with Crippen LogP contribution in [0.1, 0.15) is 6.92 Å². The molecule has 0 fully saturated rings. The Balaban J connectivity index is 2.37. The van der Waals surface area contributed by atoms with Crippen molar-refractivity contribution in [3.8, 4) is 11.4 Å². The normalized spacial score (nSPS) is 11.0. The number of rotatable bonds is 4. The van der Waals surface area contributed by atoms with E-state index in [-0.39, 0.29) is 18.7 Å². The van der Waals surface area contributed by atoms with Gasteiger partial charge in [-0.05, 0) is 6.92 Å². The first-order valence-electron chi connectivity index (χ1n) is 7.83. The highest BCUT2D eigenvalue weighted by Gasteiger charge is 2.21. The van der Waals surface area contributed by atoms with Crippen LogP contribution in [0.2, 0.25) is 0 Å². The Kier molecular flexibility index (Phi) is 4.26. The summed E-state index contributed by atoms with van der Waals surface area (Å²) in [6.45, 7) is 1.81. The van der Waals surface area contributed by atoms with E-state index >= 15 is 0 Å². The van der Waals surface area contributed by atoms with Crippen LogP contribution in [0.5, 0.6) is 0 Å². The molecule has 0 unspecified atom stereocenters. The third kappa shape index (κ3) is 2.75. The van der Waals surface area contributed by atoms with Gasteiger partial charge in [0.15, 0.2) is 11.2 Å². The van der Waals surface area contributed by atoms with Crippen molar-refractivity contribution >= 4 is 17.1 Å². The number of nitrogens with zero attached hydrogens (tertiary/aromatic N) is 4. The van der Waals surface area contributed by atoms with E-state index in [4.69, 9.17) is 4.74 Å². The summed E-state index contributed by atoms with van der Waals surface area (Å²) in [5.74, 6) is -0.0333. The molecule has 8 heteroatoms. The molecule has 1 aromatic carbocycles. The third-order valence-corrected chi connectivity index (χ3v) is 3.96. The van der Waals surface area contributed by atoms with E-state index in [2.05, 4.69) is 4.98 Å². The lowest BCUT2D eigenvalue weighted by Crippen LogP contribution is -2.37. The summed E-state index contributed by atoms with van der Waals surface area (Å²) in [4.78, 5) is 41.2. The number of esters is 1. The topological polar surface area (TPSA) is 88.1 Å². The molecule has 0 radical (unpaired) electrons. The van der Waals surface area contributed by atoms with Gasteiger partial charge in [-0.2, -0.15) is 0 Å². The molecular weight excluding hydrogens is 324 g/mol. The second-order valence-electron chi connectivity index (χ2n) is 5.57. The molecule has 0 saturated carbocycles. The predicted molar refractivity (Wildman–Crippen MR) is 92.3 cm³/mol. The van der Waals surface area contributed by atoms with Crippen LogP contribution in [0.25, 0.3) is 22.6 Å². The molecule has 0 spiro atoms. The Bertz CT molecular complexity index is 1060. The van der Waals surface area contributed by atoms with E-state index in [1.165, 1.54) is 11.6 Å². The second-order valence-corrected chi connectivity index (χ2v) is 5.57. The standard InChI is InChI=1S/C17H18N4O4/c1-4-25-12(22)10-21-14(11-8-6-5-7-9-11)18-13-15(21)19(2)17(24)20(3)16(13)23/h5-9H,4,10H2,1-3H3. The van der Waals surface area contributed by atoms with E-state index in [1.54, 1.807) is 18.5 Å². The molecular formula is C17H18N4O4. The van der Waals surface area contributed by atoms with Gasteiger partial charge < -0.3 is 4.74 Å². The molecule has 3 aromatic rings. The van der Waals surface area contributed by atoms with Crippen LogP contribution in [0.4, 0.5) is 0 Å². The van der Waals surface area contributed by atoms with Crippen LogP contribution in [0, 0.1) is 0 Å². The SMILES string of the molecule is CCOC(=O)Cn1c(-c2ccccc2)nc2c(=O)n(C)c(=O)n(C)c21. The lowest BCUT2D eigenvalue weighted by Gasteiger charge is -2.11. The van der Waals surface area contributed by atoms with E-state index in [0.29, 0.717) is 11.5 Å². The maximum absolute atomic E-state index is 12.5. The summed E-state index contributed by atoms with van der Waals surface area (Å²) >= 11 is 0. The number of aryl methyl sites for hydroxylation is 1. The Hall–Kier alpha value is -3.16. The van der Waals surface area contributed by atoms with Crippen molar-refractivity contribution in [2.24, 2.45) is 14.1 Å². The van der Waals surface area contributed by atoms with Crippen LogP contribution >= 0.6 is 0 Å². The average Bonchev–Trinajstić information content (AvgIpc) is 2.98. The highest BCUT2D eigenvalue weighted by molar-refractivity contribution is 5.80. The van der Waals surface area contributed by atoms with Gasteiger partial charge in [0, 0.05) is 19.7 Å². The number of aromatic nitrogens is 4. The first-order valence-corrected chi connectivity index (χ1v) is 7.83. The number of benzene rings is 1. The maximum atomic E-state index is 12.5. The number of ether oxygens (including phenoxy) is 1. The molecule has 0 atom stereocenters. The number of fused-ring (bicyclic) bond motifs is 1. The Morgan fingerprint density at radius 3 is 2.44 bits per heavy atom. The second kappa shape index (κ2) is 6.39.